The maximum atomic E-state index is 12.4. The summed E-state index contributed by atoms with van der Waals surface area (Å²) in [5, 5.41) is 22.2. The lowest BCUT2D eigenvalue weighted by molar-refractivity contribution is -0.178. The van der Waals surface area contributed by atoms with Crippen LogP contribution in [-0.2, 0) is 14.3 Å². The zero-order valence-electron chi connectivity index (χ0n) is 16.5. The van der Waals surface area contributed by atoms with Crippen molar-refractivity contribution in [1.29, 1.82) is 0 Å². The summed E-state index contributed by atoms with van der Waals surface area (Å²) in [6.07, 6.45) is 10.6. The zero-order chi connectivity index (χ0) is 19.7. The van der Waals surface area contributed by atoms with Crippen LogP contribution in [0.1, 0.15) is 58.3 Å². The van der Waals surface area contributed by atoms with Gasteiger partial charge in [0.15, 0.2) is 0 Å². The number of cyclic esters (lactones) is 1. The van der Waals surface area contributed by atoms with Crippen LogP contribution in [0.4, 0.5) is 0 Å². The van der Waals surface area contributed by atoms with Crippen LogP contribution in [0.15, 0.2) is 23.3 Å². The van der Waals surface area contributed by atoms with E-state index in [9.17, 15) is 19.8 Å². The first kappa shape index (κ1) is 18.6. The number of aliphatic hydroxyl groups is 2. The number of carbonyl (C=O) groups excluding carboxylic acids is 2. The second kappa shape index (κ2) is 6.02. The third-order valence-corrected chi connectivity index (χ3v) is 9.21. The minimum Gasteiger partial charge on any atom is -0.458 e. The highest BCUT2D eigenvalue weighted by Gasteiger charge is 2.67. The number of allylic oxidation sites excluding steroid dienone is 1. The number of aldehydes is 1. The molecule has 5 aliphatic rings. The molecule has 0 saturated heterocycles. The Morgan fingerprint density at radius 1 is 1.18 bits per heavy atom. The molecule has 3 fully saturated rings. The van der Waals surface area contributed by atoms with E-state index < -0.39 is 11.0 Å². The average molecular weight is 386 g/mol. The highest BCUT2D eigenvalue weighted by molar-refractivity contribution is 5.85. The van der Waals surface area contributed by atoms with Crippen LogP contribution in [0.2, 0.25) is 0 Å². The zero-order valence-corrected chi connectivity index (χ0v) is 16.5. The first-order valence-corrected chi connectivity index (χ1v) is 10.8. The molecule has 152 valence electrons. The molecule has 0 aromatic carbocycles. The molecule has 0 amide bonds. The molecular formula is C23H30O5. The van der Waals surface area contributed by atoms with E-state index in [2.05, 4.69) is 13.0 Å². The van der Waals surface area contributed by atoms with Crippen molar-refractivity contribution in [3.8, 4) is 0 Å². The monoisotopic (exact) mass is 386 g/mol. The predicted octanol–water partition coefficient (Wildman–Crippen LogP) is 2.70. The van der Waals surface area contributed by atoms with Crippen molar-refractivity contribution in [1.82, 2.24) is 0 Å². The minimum absolute atomic E-state index is 0.0547. The molecule has 2 N–H and O–H groups in total. The van der Waals surface area contributed by atoms with Crippen molar-refractivity contribution in [2.75, 3.05) is 6.61 Å². The fourth-order valence-corrected chi connectivity index (χ4v) is 7.72. The number of hydrogen-bond donors (Lipinski definition) is 2. The predicted molar refractivity (Wildman–Crippen MR) is 102 cm³/mol. The molecule has 0 unspecified atom stereocenters. The van der Waals surface area contributed by atoms with Gasteiger partial charge in [0.2, 0.25) is 0 Å². The van der Waals surface area contributed by atoms with Crippen LogP contribution in [-0.4, -0.2) is 40.8 Å². The van der Waals surface area contributed by atoms with Gasteiger partial charge in [-0.3, -0.25) is 0 Å². The summed E-state index contributed by atoms with van der Waals surface area (Å²) >= 11 is 0. The molecule has 0 radical (unpaired) electrons. The second-order valence-electron chi connectivity index (χ2n) is 10.0. The van der Waals surface area contributed by atoms with E-state index in [-0.39, 0.29) is 35.2 Å². The van der Waals surface area contributed by atoms with Crippen molar-refractivity contribution in [3.05, 3.63) is 23.3 Å². The van der Waals surface area contributed by atoms with Gasteiger partial charge in [-0.05, 0) is 74.7 Å². The first-order chi connectivity index (χ1) is 13.3. The quantitative estimate of drug-likeness (QED) is 0.433. The Balaban J connectivity index is 1.52. The molecule has 5 nitrogen and oxygen atoms in total. The van der Waals surface area contributed by atoms with E-state index in [4.69, 9.17) is 4.74 Å². The van der Waals surface area contributed by atoms with Gasteiger partial charge in [-0.15, -0.1) is 0 Å². The summed E-state index contributed by atoms with van der Waals surface area (Å²) in [5.41, 5.74) is 0.489. The molecule has 3 saturated carbocycles. The Labute approximate surface area is 165 Å². The van der Waals surface area contributed by atoms with E-state index in [1.165, 1.54) is 0 Å². The largest absolute Gasteiger partial charge is 0.458 e. The fourth-order valence-electron chi connectivity index (χ4n) is 7.72. The highest BCUT2D eigenvalue weighted by atomic mass is 16.5. The van der Waals surface area contributed by atoms with Crippen LogP contribution >= 0.6 is 0 Å². The van der Waals surface area contributed by atoms with Crippen molar-refractivity contribution in [2.24, 2.45) is 28.6 Å². The Morgan fingerprint density at radius 2 is 2.00 bits per heavy atom. The van der Waals surface area contributed by atoms with E-state index in [1.807, 2.05) is 0 Å². The third-order valence-electron chi connectivity index (χ3n) is 9.21. The topological polar surface area (TPSA) is 83.8 Å². The summed E-state index contributed by atoms with van der Waals surface area (Å²) < 4.78 is 5.16. The van der Waals surface area contributed by atoms with Crippen molar-refractivity contribution >= 4 is 12.3 Å². The van der Waals surface area contributed by atoms with Gasteiger partial charge in [0, 0.05) is 11.5 Å². The van der Waals surface area contributed by atoms with Crippen LogP contribution in [0.5, 0.6) is 0 Å². The summed E-state index contributed by atoms with van der Waals surface area (Å²) in [6, 6.07) is 0. The van der Waals surface area contributed by atoms with Gasteiger partial charge in [0.25, 0.3) is 0 Å². The molecule has 5 rings (SSSR count). The highest BCUT2D eigenvalue weighted by Crippen LogP contribution is 2.68. The standard InChI is InChI=1S/C23H30O5/c1-21-7-5-18-19(3-2-15-11-16(25)4-8-22(15,18)13-24)23(21,27)9-6-17(21)14-10-20(26)28-12-14/h2,10,13,16-19,25,27H,3-9,11-12H2,1H3/t16-,17+,18-,19+,21+,22+,23-/m0/s1. The number of ether oxygens (including phenoxy) is 1. The van der Waals surface area contributed by atoms with Crippen molar-refractivity contribution in [3.63, 3.8) is 0 Å². The van der Waals surface area contributed by atoms with Gasteiger partial charge in [0.1, 0.15) is 12.9 Å². The first-order valence-electron chi connectivity index (χ1n) is 10.8. The Hall–Kier alpha value is -1.46. The molecule has 0 aromatic heterocycles. The summed E-state index contributed by atoms with van der Waals surface area (Å²) in [7, 11) is 0. The van der Waals surface area contributed by atoms with Crippen LogP contribution in [0.3, 0.4) is 0 Å². The van der Waals surface area contributed by atoms with Crippen molar-refractivity contribution < 1.29 is 24.5 Å². The number of carbonyl (C=O) groups is 2. The lowest BCUT2D eigenvalue weighted by atomic mass is 9.45. The Bertz CT molecular complexity index is 784. The maximum absolute atomic E-state index is 12.4. The SMILES string of the molecule is C[C@]12CC[C@H]3[C@@H](CC=C4C[C@@H](O)CC[C@@]43C=O)[C@@]1(O)CC[C@@H]2C1=CC(=O)OC1. The van der Waals surface area contributed by atoms with Gasteiger partial charge in [0.05, 0.1) is 17.1 Å². The molecule has 1 aliphatic heterocycles. The van der Waals surface area contributed by atoms with Crippen LogP contribution in [0.25, 0.3) is 0 Å². The number of rotatable bonds is 2. The molecule has 7 atom stereocenters. The summed E-state index contributed by atoms with van der Waals surface area (Å²) in [5.74, 6) is 0.0908. The summed E-state index contributed by atoms with van der Waals surface area (Å²) in [4.78, 5) is 24.0. The van der Waals surface area contributed by atoms with E-state index in [0.717, 1.165) is 43.1 Å². The molecule has 1 heterocycles. The molecular weight excluding hydrogens is 356 g/mol. The smallest absolute Gasteiger partial charge is 0.331 e. The van der Waals surface area contributed by atoms with Gasteiger partial charge in [-0.1, -0.05) is 18.6 Å². The fraction of sp³-hybridized carbons (Fsp3) is 0.739. The van der Waals surface area contributed by atoms with Gasteiger partial charge >= 0.3 is 5.97 Å². The molecule has 0 spiro atoms. The average Bonchev–Trinajstić information content (AvgIpc) is 3.22. The van der Waals surface area contributed by atoms with Crippen LogP contribution < -0.4 is 0 Å². The number of esters is 1. The second-order valence-corrected chi connectivity index (χ2v) is 10.0. The molecule has 28 heavy (non-hydrogen) atoms. The third kappa shape index (κ3) is 2.20. The Morgan fingerprint density at radius 3 is 2.71 bits per heavy atom. The van der Waals surface area contributed by atoms with E-state index in [0.29, 0.717) is 32.3 Å². The normalized spacial score (nSPS) is 50.0. The summed E-state index contributed by atoms with van der Waals surface area (Å²) in [6.45, 7) is 2.53. The minimum atomic E-state index is -0.832. The van der Waals surface area contributed by atoms with E-state index >= 15 is 0 Å². The van der Waals surface area contributed by atoms with Gasteiger partial charge < -0.3 is 19.7 Å². The maximum Gasteiger partial charge on any atom is 0.331 e. The molecule has 5 heteroatoms. The number of hydrogen-bond acceptors (Lipinski definition) is 5. The molecule has 4 aliphatic carbocycles. The number of fused-ring (bicyclic) bond motifs is 5. The lowest BCUT2D eigenvalue weighted by Gasteiger charge is -2.60. The van der Waals surface area contributed by atoms with Crippen molar-refractivity contribution in [2.45, 2.75) is 70.0 Å². The molecule has 0 bridgehead atoms. The van der Waals surface area contributed by atoms with Crippen LogP contribution in [0, 0.1) is 28.6 Å². The van der Waals surface area contributed by atoms with E-state index in [1.54, 1.807) is 6.08 Å². The Kier molecular flexibility index (Phi) is 3.99. The molecule has 0 aromatic rings. The number of aliphatic hydroxyl groups excluding tert-OH is 1. The van der Waals surface area contributed by atoms with Gasteiger partial charge in [-0.2, -0.15) is 0 Å². The lowest BCUT2D eigenvalue weighted by Crippen LogP contribution is -2.61. The van der Waals surface area contributed by atoms with Gasteiger partial charge in [-0.25, -0.2) is 4.79 Å².